The number of imidazole rings is 1. The number of anilines is 1. The van der Waals surface area contributed by atoms with E-state index in [0.717, 1.165) is 5.52 Å². The maximum absolute atomic E-state index is 11.5. The van der Waals surface area contributed by atoms with Crippen LogP contribution < -0.4 is 10.5 Å². The Labute approximate surface area is 108 Å². The fraction of sp³-hybridized carbons (Fsp3) is 0.455. The summed E-state index contributed by atoms with van der Waals surface area (Å²) >= 11 is 0. The Balaban J connectivity index is 2.35. The molecule has 2 N–H and O–H groups in total. The molecule has 0 spiro atoms. The molecular weight excluding hydrogens is 252 g/mol. The first-order valence-corrected chi connectivity index (χ1v) is 7.16. The van der Waals surface area contributed by atoms with Crippen molar-refractivity contribution < 1.29 is 8.95 Å². The molecule has 0 aromatic carbocycles. The van der Waals surface area contributed by atoms with Gasteiger partial charge in [-0.25, -0.2) is 4.98 Å². The third-order valence-corrected chi connectivity index (χ3v) is 3.95. The first kappa shape index (κ1) is 12.8. The lowest BCUT2D eigenvalue weighted by Crippen LogP contribution is -2.11. The molecule has 2 rings (SSSR count). The summed E-state index contributed by atoms with van der Waals surface area (Å²) in [6, 6.07) is 3.55. The molecule has 0 amide bonds. The number of nitrogen functional groups attached to an aromatic ring is 1. The summed E-state index contributed by atoms with van der Waals surface area (Å²) in [5, 5.41) is 0. The number of nitrogens with zero attached hydrogens (tertiary/aromatic N) is 3. The topological polar surface area (TPSA) is 83.0 Å². The zero-order valence-corrected chi connectivity index (χ0v) is 11.2. The molecule has 1 unspecified atom stereocenters. The number of nitrogens with two attached hydrogens (primary N) is 1. The van der Waals surface area contributed by atoms with Crippen LogP contribution in [0.15, 0.2) is 12.1 Å². The number of methoxy groups -OCH3 is 1. The molecule has 0 radical (unpaired) electrons. The molecule has 1 atom stereocenters. The number of fused-ring (bicyclic) bond motifs is 1. The smallest absolute Gasteiger partial charge is 0.215 e. The van der Waals surface area contributed by atoms with Gasteiger partial charge in [-0.2, -0.15) is 4.98 Å². The van der Waals surface area contributed by atoms with Crippen molar-refractivity contribution in [2.45, 2.75) is 13.5 Å². The van der Waals surface area contributed by atoms with Crippen LogP contribution in [0.1, 0.15) is 6.92 Å². The van der Waals surface area contributed by atoms with Gasteiger partial charge < -0.3 is 10.5 Å². The Morgan fingerprint density at radius 2 is 2.22 bits per heavy atom. The van der Waals surface area contributed by atoms with E-state index in [0.29, 0.717) is 35.5 Å². The molecule has 7 heteroatoms. The molecule has 0 saturated heterocycles. The number of ether oxygens (including phenoxy) is 1. The Kier molecular flexibility index (Phi) is 3.81. The highest BCUT2D eigenvalue weighted by Crippen LogP contribution is 2.19. The van der Waals surface area contributed by atoms with Crippen LogP contribution in [-0.2, 0) is 17.3 Å². The maximum atomic E-state index is 11.5. The van der Waals surface area contributed by atoms with E-state index < -0.39 is 10.8 Å². The number of aromatic nitrogens is 3. The van der Waals surface area contributed by atoms with Gasteiger partial charge in [0.05, 0.1) is 7.11 Å². The van der Waals surface area contributed by atoms with E-state index in [4.69, 9.17) is 10.5 Å². The molecule has 2 aromatic heterocycles. The van der Waals surface area contributed by atoms with Crippen LogP contribution in [-0.4, -0.2) is 37.4 Å². The van der Waals surface area contributed by atoms with Gasteiger partial charge in [-0.3, -0.25) is 8.78 Å². The van der Waals surface area contributed by atoms with E-state index in [1.165, 1.54) is 0 Å². The van der Waals surface area contributed by atoms with Crippen LogP contribution >= 0.6 is 0 Å². The van der Waals surface area contributed by atoms with Gasteiger partial charge in [-0.15, -0.1) is 0 Å². The third-order valence-electron chi connectivity index (χ3n) is 2.67. The van der Waals surface area contributed by atoms with Gasteiger partial charge in [-0.05, 0) is 6.07 Å². The summed E-state index contributed by atoms with van der Waals surface area (Å²) in [7, 11) is 0.727. The first-order valence-electron chi connectivity index (χ1n) is 5.67. The van der Waals surface area contributed by atoms with Crippen molar-refractivity contribution in [1.82, 2.24) is 14.5 Å². The second kappa shape index (κ2) is 5.34. The van der Waals surface area contributed by atoms with E-state index in [9.17, 15) is 4.21 Å². The fourth-order valence-electron chi connectivity index (χ4n) is 1.67. The fourth-order valence-corrected chi connectivity index (χ4v) is 2.35. The Bertz CT molecular complexity index is 582. The van der Waals surface area contributed by atoms with E-state index in [1.54, 1.807) is 17.7 Å². The molecule has 98 valence electrons. The van der Waals surface area contributed by atoms with Crippen molar-refractivity contribution in [2.75, 3.05) is 24.3 Å². The quantitative estimate of drug-likeness (QED) is 0.867. The predicted octanol–water partition coefficient (Wildman–Crippen LogP) is 0.791. The minimum Gasteiger partial charge on any atom is -0.481 e. The van der Waals surface area contributed by atoms with Crippen molar-refractivity contribution in [2.24, 2.45) is 0 Å². The molecule has 0 saturated carbocycles. The van der Waals surface area contributed by atoms with Gasteiger partial charge in [-0.1, -0.05) is 6.92 Å². The van der Waals surface area contributed by atoms with Crippen LogP contribution in [0.5, 0.6) is 5.88 Å². The molecule has 2 aromatic rings. The van der Waals surface area contributed by atoms with Crippen molar-refractivity contribution in [3.63, 3.8) is 0 Å². The summed E-state index contributed by atoms with van der Waals surface area (Å²) in [6.45, 7) is 2.44. The lowest BCUT2D eigenvalue weighted by atomic mass is 10.4. The van der Waals surface area contributed by atoms with Gasteiger partial charge in [0.2, 0.25) is 11.8 Å². The molecule has 2 heterocycles. The summed E-state index contributed by atoms with van der Waals surface area (Å²) < 4.78 is 18.3. The Morgan fingerprint density at radius 3 is 2.89 bits per heavy atom. The first-order chi connectivity index (χ1) is 8.65. The summed E-state index contributed by atoms with van der Waals surface area (Å²) in [4.78, 5) is 8.53. The highest BCUT2D eigenvalue weighted by Gasteiger charge is 2.11. The largest absolute Gasteiger partial charge is 0.481 e. The molecule has 6 nitrogen and oxygen atoms in total. The van der Waals surface area contributed by atoms with Gasteiger partial charge in [0.25, 0.3) is 0 Å². The highest BCUT2D eigenvalue weighted by atomic mass is 32.2. The zero-order valence-electron chi connectivity index (χ0n) is 10.4. The summed E-state index contributed by atoms with van der Waals surface area (Å²) in [6.07, 6.45) is 0. The zero-order chi connectivity index (χ0) is 13.1. The second-order valence-electron chi connectivity index (χ2n) is 3.75. The van der Waals surface area contributed by atoms with Gasteiger partial charge in [0.15, 0.2) is 5.65 Å². The van der Waals surface area contributed by atoms with E-state index in [2.05, 4.69) is 9.97 Å². The van der Waals surface area contributed by atoms with Crippen LogP contribution in [0.25, 0.3) is 11.2 Å². The minimum atomic E-state index is -0.833. The van der Waals surface area contributed by atoms with Crippen LogP contribution in [0.4, 0.5) is 5.95 Å². The lowest BCUT2D eigenvalue weighted by molar-refractivity contribution is 0.399. The monoisotopic (exact) mass is 268 g/mol. The average Bonchev–Trinajstić information content (AvgIpc) is 2.70. The third kappa shape index (κ3) is 2.45. The normalized spacial score (nSPS) is 12.8. The summed E-state index contributed by atoms with van der Waals surface area (Å²) in [5.74, 6) is 2.09. The van der Waals surface area contributed by atoms with Crippen molar-refractivity contribution in [3.05, 3.63) is 12.1 Å². The molecule has 18 heavy (non-hydrogen) atoms. The van der Waals surface area contributed by atoms with Crippen molar-refractivity contribution in [3.8, 4) is 5.88 Å². The van der Waals surface area contributed by atoms with Crippen LogP contribution in [0.2, 0.25) is 0 Å². The Hall–Kier alpha value is -1.63. The molecule has 0 aliphatic heterocycles. The van der Waals surface area contributed by atoms with E-state index >= 15 is 0 Å². The van der Waals surface area contributed by atoms with Crippen LogP contribution in [0.3, 0.4) is 0 Å². The number of rotatable bonds is 5. The number of hydrogen-bond donors (Lipinski definition) is 1. The molecule has 0 aliphatic carbocycles. The highest BCUT2D eigenvalue weighted by molar-refractivity contribution is 7.84. The molecule has 0 aliphatic rings. The standard InChI is InChI=1S/C11H16N4O2S/c1-3-18(16)7-6-15-10-8(13-11(15)12)4-5-9(14-10)17-2/h4-5H,3,6-7H2,1-2H3,(H2,12,13). The molecule has 0 fully saturated rings. The van der Waals surface area contributed by atoms with Gasteiger partial charge in [0.1, 0.15) is 5.52 Å². The van der Waals surface area contributed by atoms with Crippen molar-refractivity contribution in [1.29, 1.82) is 0 Å². The van der Waals surface area contributed by atoms with E-state index in [-0.39, 0.29) is 0 Å². The number of pyridine rings is 1. The van der Waals surface area contributed by atoms with Gasteiger partial charge >= 0.3 is 0 Å². The maximum Gasteiger partial charge on any atom is 0.215 e. The summed E-state index contributed by atoms with van der Waals surface area (Å²) in [5.41, 5.74) is 7.23. The van der Waals surface area contributed by atoms with Crippen molar-refractivity contribution >= 4 is 27.9 Å². The predicted molar refractivity (Wildman–Crippen MR) is 72.0 cm³/mol. The minimum absolute atomic E-state index is 0.388. The number of aryl methyl sites for hydroxylation is 1. The molecule has 0 bridgehead atoms. The second-order valence-corrected chi connectivity index (χ2v) is 5.62. The number of hydrogen-bond acceptors (Lipinski definition) is 5. The Morgan fingerprint density at radius 1 is 1.44 bits per heavy atom. The van der Waals surface area contributed by atoms with E-state index in [1.807, 2.05) is 13.0 Å². The van der Waals surface area contributed by atoms with Crippen LogP contribution in [0, 0.1) is 0 Å². The van der Waals surface area contributed by atoms with Gasteiger partial charge in [0, 0.05) is 34.9 Å². The average molecular weight is 268 g/mol. The molecular formula is C11H16N4O2S. The lowest BCUT2D eigenvalue weighted by Gasteiger charge is -2.05. The SMILES string of the molecule is CCS(=O)CCn1c(N)nc2ccc(OC)nc21.